The Morgan fingerprint density at radius 3 is 3.11 bits per heavy atom. The maximum absolute atomic E-state index is 12.1. The third-order valence-electron chi connectivity index (χ3n) is 3.47. The van der Waals surface area contributed by atoms with Crippen LogP contribution in [0.2, 0.25) is 5.15 Å². The SMILES string of the molecule is CCC1CC=CC(C(=O)COc2cccc(Cl)n2)C1. The second-order valence-electron chi connectivity index (χ2n) is 4.83. The third kappa shape index (κ3) is 4.06. The molecule has 19 heavy (non-hydrogen) atoms. The van der Waals surface area contributed by atoms with Crippen LogP contribution in [0.4, 0.5) is 0 Å². The summed E-state index contributed by atoms with van der Waals surface area (Å²) < 4.78 is 5.39. The van der Waals surface area contributed by atoms with Crippen molar-refractivity contribution in [3.8, 4) is 5.88 Å². The van der Waals surface area contributed by atoms with Crippen LogP contribution in [0.25, 0.3) is 0 Å². The van der Waals surface area contributed by atoms with Gasteiger partial charge in [0, 0.05) is 12.0 Å². The number of hydrogen-bond donors (Lipinski definition) is 0. The average Bonchev–Trinajstić information content (AvgIpc) is 2.45. The molecule has 0 saturated carbocycles. The molecule has 0 aromatic carbocycles. The first-order chi connectivity index (χ1) is 9.19. The normalized spacial score (nSPS) is 22.2. The number of halogens is 1. The molecule has 0 spiro atoms. The lowest BCUT2D eigenvalue weighted by Crippen LogP contribution is -2.24. The van der Waals surface area contributed by atoms with Crippen LogP contribution in [0.1, 0.15) is 26.2 Å². The standard InChI is InChI=1S/C15H18ClNO2/c1-2-11-5-3-6-12(9-11)13(18)10-19-15-8-4-7-14(16)17-15/h3-4,6-8,11-12H,2,5,9-10H2,1H3. The summed E-state index contributed by atoms with van der Waals surface area (Å²) >= 11 is 5.76. The summed E-state index contributed by atoms with van der Waals surface area (Å²) in [6.07, 6.45) is 7.24. The van der Waals surface area contributed by atoms with Crippen LogP contribution < -0.4 is 4.74 Å². The summed E-state index contributed by atoms with van der Waals surface area (Å²) in [7, 11) is 0. The zero-order valence-corrected chi connectivity index (χ0v) is 11.8. The summed E-state index contributed by atoms with van der Waals surface area (Å²) in [6.45, 7) is 2.22. The predicted octanol–water partition coefficient (Wildman–Crippen LogP) is 3.68. The van der Waals surface area contributed by atoms with Crippen LogP contribution in [-0.2, 0) is 4.79 Å². The van der Waals surface area contributed by atoms with E-state index in [-0.39, 0.29) is 18.3 Å². The second kappa shape index (κ2) is 6.71. The van der Waals surface area contributed by atoms with Crippen molar-refractivity contribution < 1.29 is 9.53 Å². The highest BCUT2D eigenvalue weighted by Crippen LogP contribution is 2.26. The van der Waals surface area contributed by atoms with E-state index in [0.29, 0.717) is 17.0 Å². The number of carbonyl (C=O) groups excluding carboxylic acids is 1. The summed E-state index contributed by atoms with van der Waals surface area (Å²) in [5, 5.41) is 0.369. The van der Waals surface area contributed by atoms with Crippen molar-refractivity contribution in [1.82, 2.24) is 4.98 Å². The zero-order chi connectivity index (χ0) is 13.7. The average molecular weight is 280 g/mol. The van der Waals surface area contributed by atoms with Crippen LogP contribution in [0.15, 0.2) is 30.4 Å². The van der Waals surface area contributed by atoms with Crippen LogP contribution in [0, 0.1) is 11.8 Å². The number of carbonyl (C=O) groups is 1. The Morgan fingerprint density at radius 2 is 2.37 bits per heavy atom. The predicted molar refractivity (Wildman–Crippen MR) is 75.4 cm³/mol. The van der Waals surface area contributed by atoms with E-state index in [9.17, 15) is 4.79 Å². The van der Waals surface area contributed by atoms with Gasteiger partial charge in [-0.1, -0.05) is 43.2 Å². The van der Waals surface area contributed by atoms with Gasteiger partial charge in [0.05, 0.1) is 0 Å². The van der Waals surface area contributed by atoms with Crippen molar-refractivity contribution in [2.24, 2.45) is 11.8 Å². The summed E-state index contributed by atoms with van der Waals surface area (Å²) in [5.74, 6) is 1.10. The van der Waals surface area contributed by atoms with E-state index in [1.807, 2.05) is 6.08 Å². The van der Waals surface area contributed by atoms with Crippen molar-refractivity contribution in [1.29, 1.82) is 0 Å². The third-order valence-corrected chi connectivity index (χ3v) is 3.68. The highest BCUT2D eigenvalue weighted by atomic mass is 35.5. The van der Waals surface area contributed by atoms with Gasteiger partial charge >= 0.3 is 0 Å². The van der Waals surface area contributed by atoms with Gasteiger partial charge in [-0.15, -0.1) is 0 Å². The number of hydrogen-bond acceptors (Lipinski definition) is 3. The smallest absolute Gasteiger partial charge is 0.215 e. The first-order valence-electron chi connectivity index (χ1n) is 6.63. The van der Waals surface area contributed by atoms with E-state index in [4.69, 9.17) is 16.3 Å². The number of pyridine rings is 1. The van der Waals surface area contributed by atoms with Gasteiger partial charge in [0.2, 0.25) is 5.88 Å². The fourth-order valence-electron chi connectivity index (χ4n) is 2.26. The van der Waals surface area contributed by atoms with Crippen LogP contribution in [-0.4, -0.2) is 17.4 Å². The lowest BCUT2D eigenvalue weighted by molar-refractivity contribution is -0.124. The van der Waals surface area contributed by atoms with Gasteiger partial charge < -0.3 is 4.74 Å². The summed E-state index contributed by atoms with van der Waals surface area (Å²) in [4.78, 5) is 16.1. The molecular weight excluding hydrogens is 262 g/mol. The van der Waals surface area contributed by atoms with Gasteiger partial charge in [-0.3, -0.25) is 4.79 Å². The molecule has 2 rings (SSSR count). The Morgan fingerprint density at radius 1 is 1.53 bits per heavy atom. The largest absolute Gasteiger partial charge is 0.470 e. The molecule has 1 aromatic heterocycles. The van der Waals surface area contributed by atoms with Gasteiger partial charge in [0.1, 0.15) is 11.8 Å². The van der Waals surface area contributed by atoms with Gasteiger partial charge in [-0.25, -0.2) is 4.98 Å². The lowest BCUT2D eigenvalue weighted by atomic mass is 9.83. The molecule has 1 aromatic rings. The number of ether oxygens (including phenoxy) is 1. The Hall–Kier alpha value is -1.35. The van der Waals surface area contributed by atoms with Crippen LogP contribution in [0.5, 0.6) is 5.88 Å². The second-order valence-corrected chi connectivity index (χ2v) is 5.22. The number of aromatic nitrogens is 1. The molecule has 0 saturated heterocycles. The molecule has 2 atom stereocenters. The molecule has 102 valence electrons. The molecule has 0 amide bonds. The van der Waals surface area contributed by atoms with Crippen molar-refractivity contribution >= 4 is 17.4 Å². The quantitative estimate of drug-likeness (QED) is 0.610. The molecule has 4 heteroatoms. The van der Waals surface area contributed by atoms with Gasteiger partial charge in [0.15, 0.2) is 5.78 Å². The highest BCUT2D eigenvalue weighted by Gasteiger charge is 2.22. The topological polar surface area (TPSA) is 39.2 Å². The maximum atomic E-state index is 12.1. The molecule has 1 heterocycles. The molecule has 3 nitrogen and oxygen atoms in total. The Balaban J connectivity index is 1.87. The fourth-order valence-corrected chi connectivity index (χ4v) is 2.42. The van der Waals surface area contributed by atoms with E-state index in [2.05, 4.69) is 18.0 Å². The summed E-state index contributed by atoms with van der Waals surface area (Å²) in [5.41, 5.74) is 0. The monoisotopic (exact) mass is 279 g/mol. The minimum atomic E-state index is -0.0158. The first kappa shape index (κ1) is 14.1. The summed E-state index contributed by atoms with van der Waals surface area (Å²) in [6, 6.07) is 5.12. The number of nitrogens with zero attached hydrogens (tertiary/aromatic N) is 1. The van der Waals surface area contributed by atoms with E-state index < -0.39 is 0 Å². The Bertz CT molecular complexity index is 473. The van der Waals surface area contributed by atoms with E-state index >= 15 is 0 Å². The highest BCUT2D eigenvalue weighted by molar-refractivity contribution is 6.29. The van der Waals surface area contributed by atoms with E-state index in [1.54, 1.807) is 18.2 Å². The Labute approximate surface area is 118 Å². The number of rotatable bonds is 5. The minimum Gasteiger partial charge on any atom is -0.470 e. The molecule has 0 bridgehead atoms. The molecule has 2 unspecified atom stereocenters. The number of Topliss-reactive ketones (excluding diaryl/α,β-unsaturated/α-hetero) is 1. The number of ketones is 1. The van der Waals surface area contributed by atoms with Gasteiger partial charge in [0.25, 0.3) is 0 Å². The molecule has 0 fully saturated rings. The fraction of sp³-hybridized carbons (Fsp3) is 0.467. The molecular formula is C15H18ClNO2. The number of allylic oxidation sites excluding steroid dienone is 2. The molecule has 1 aliphatic carbocycles. The molecule has 0 radical (unpaired) electrons. The van der Waals surface area contributed by atoms with Gasteiger partial charge in [-0.2, -0.15) is 0 Å². The van der Waals surface area contributed by atoms with Crippen molar-refractivity contribution in [2.75, 3.05) is 6.61 Å². The molecule has 0 aliphatic heterocycles. The maximum Gasteiger partial charge on any atom is 0.215 e. The lowest BCUT2D eigenvalue weighted by Gasteiger charge is -2.22. The zero-order valence-electron chi connectivity index (χ0n) is 11.0. The van der Waals surface area contributed by atoms with Crippen molar-refractivity contribution in [3.05, 3.63) is 35.5 Å². The van der Waals surface area contributed by atoms with E-state index in [0.717, 1.165) is 19.3 Å². The Kier molecular flexibility index (Phi) is 4.97. The van der Waals surface area contributed by atoms with Crippen LogP contribution in [0.3, 0.4) is 0 Å². The van der Waals surface area contributed by atoms with Crippen molar-refractivity contribution in [3.63, 3.8) is 0 Å². The van der Waals surface area contributed by atoms with E-state index in [1.165, 1.54) is 0 Å². The van der Waals surface area contributed by atoms with Crippen molar-refractivity contribution in [2.45, 2.75) is 26.2 Å². The minimum absolute atomic E-state index is 0.0158. The molecule has 0 N–H and O–H groups in total. The van der Waals surface area contributed by atoms with Gasteiger partial charge in [-0.05, 0) is 24.8 Å². The first-order valence-corrected chi connectivity index (χ1v) is 7.01. The molecule has 1 aliphatic rings. The van der Waals surface area contributed by atoms with Crippen LogP contribution >= 0.6 is 11.6 Å².